The largest absolute Gasteiger partial charge is 0.476 e. The normalized spacial score (nSPS) is 10.1. The van der Waals surface area contributed by atoms with Crippen LogP contribution in [0.5, 0.6) is 0 Å². The fourth-order valence-electron chi connectivity index (χ4n) is 1.53. The van der Waals surface area contributed by atoms with E-state index in [1.165, 1.54) is 17.8 Å². The van der Waals surface area contributed by atoms with Crippen molar-refractivity contribution in [2.75, 3.05) is 5.32 Å². The number of rotatable bonds is 3. The minimum atomic E-state index is -1.19. The van der Waals surface area contributed by atoms with Gasteiger partial charge in [-0.2, -0.15) is 5.10 Å². The number of amides is 1. The molecule has 1 heterocycles. The number of carboxylic acid groups (broad SMARTS) is 1. The predicted octanol–water partition coefficient (Wildman–Crippen LogP) is 1.53. The molecule has 6 heteroatoms. The predicted molar refractivity (Wildman–Crippen MR) is 64.8 cm³/mol. The monoisotopic (exact) mass is 245 g/mol. The molecule has 0 aliphatic rings. The molecule has 1 amide bonds. The quantitative estimate of drug-likeness (QED) is 0.858. The molecule has 0 unspecified atom stereocenters. The van der Waals surface area contributed by atoms with Crippen molar-refractivity contribution in [1.29, 1.82) is 0 Å². The minimum absolute atomic E-state index is 0.179. The molecule has 2 aromatic rings. The molecule has 0 aliphatic carbocycles. The van der Waals surface area contributed by atoms with Crippen molar-refractivity contribution in [3.63, 3.8) is 0 Å². The Balaban J connectivity index is 2.45. The Morgan fingerprint density at radius 3 is 2.50 bits per heavy atom. The van der Waals surface area contributed by atoms with Crippen molar-refractivity contribution in [1.82, 2.24) is 9.78 Å². The Morgan fingerprint density at radius 1 is 1.28 bits per heavy atom. The molecule has 2 rings (SSSR count). The van der Waals surface area contributed by atoms with Gasteiger partial charge < -0.3 is 10.4 Å². The maximum Gasteiger partial charge on any atom is 0.358 e. The number of aromatic carboxylic acids is 1. The van der Waals surface area contributed by atoms with Crippen LogP contribution < -0.4 is 5.32 Å². The van der Waals surface area contributed by atoms with Gasteiger partial charge in [0.1, 0.15) is 0 Å². The summed E-state index contributed by atoms with van der Waals surface area (Å²) >= 11 is 0. The van der Waals surface area contributed by atoms with Gasteiger partial charge in [-0.1, -0.05) is 18.2 Å². The molecular formula is C12H11N3O3. The van der Waals surface area contributed by atoms with Gasteiger partial charge in [0, 0.05) is 6.92 Å². The maximum atomic E-state index is 11.0. The lowest BCUT2D eigenvalue weighted by Gasteiger charge is -1.98. The zero-order valence-electron chi connectivity index (χ0n) is 9.62. The van der Waals surface area contributed by atoms with E-state index in [1.54, 1.807) is 12.1 Å². The Bertz CT molecular complexity index is 590. The molecule has 0 aliphatic heterocycles. The molecule has 92 valence electrons. The van der Waals surface area contributed by atoms with E-state index < -0.39 is 5.97 Å². The summed E-state index contributed by atoms with van der Waals surface area (Å²) < 4.78 is 1.41. The molecule has 0 saturated heterocycles. The van der Waals surface area contributed by atoms with Gasteiger partial charge in [-0.15, -0.1) is 0 Å². The molecule has 0 atom stereocenters. The summed E-state index contributed by atoms with van der Waals surface area (Å²) in [7, 11) is 0. The summed E-state index contributed by atoms with van der Waals surface area (Å²) in [6.07, 6.45) is 1.47. The zero-order chi connectivity index (χ0) is 13.1. The number of hydrogen-bond acceptors (Lipinski definition) is 3. The smallest absolute Gasteiger partial charge is 0.358 e. The fraction of sp³-hybridized carbons (Fsp3) is 0.0833. The molecule has 1 aromatic heterocycles. The van der Waals surface area contributed by atoms with E-state index in [4.69, 9.17) is 5.11 Å². The SMILES string of the molecule is CC(=O)Nc1cn(-c2ccccc2)nc1C(=O)O. The highest BCUT2D eigenvalue weighted by Gasteiger charge is 2.17. The summed E-state index contributed by atoms with van der Waals surface area (Å²) in [4.78, 5) is 22.0. The van der Waals surface area contributed by atoms with Gasteiger partial charge >= 0.3 is 5.97 Å². The van der Waals surface area contributed by atoms with Crippen molar-refractivity contribution >= 4 is 17.6 Å². The van der Waals surface area contributed by atoms with Gasteiger partial charge in [0.05, 0.1) is 17.6 Å². The summed E-state index contributed by atoms with van der Waals surface area (Å²) in [5.41, 5.74) is 0.713. The van der Waals surface area contributed by atoms with E-state index in [2.05, 4.69) is 10.4 Å². The number of hydrogen-bond donors (Lipinski definition) is 2. The maximum absolute atomic E-state index is 11.0. The number of carboxylic acids is 1. The number of anilines is 1. The molecule has 0 radical (unpaired) electrons. The van der Waals surface area contributed by atoms with Crippen LogP contribution in [0.4, 0.5) is 5.69 Å². The van der Waals surface area contributed by atoms with Gasteiger partial charge in [0.25, 0.3) is 0 Å². The first-order chi connectivity index (χ1) is 8.58. The molecule has 2 N–H and O–H groups in total. The third-order valence-corrected chi connectivity index (χ3v) is 2.25. The third-order valence-electron chi connectivity index (χ3n) is 2.25. The van der Waals surface area contributed by atoms with Crippen molar-refractivity contribution in [2.24, 2.45) is 0 Å². The van der Waals surface area contributed by atoms with Crippen LogP contribution in [0.15, 0.2) is 36.5 Å². The molecule has 18 heavy (non-hydrogen) atoms. The molecule has 1 aromatic carbocycles. The third kappa shape index (κ3) is 2.37. The van der Waals surface area contributed by atoms with E-state index in [1.807, 2.05) is 18.2 Å². The molecule has 0 bridgehead atoms. The Hall–Kier alpha value is -2.63. The number of para-hydroxylation sites is 1. The van der Waals surface area contributed by atoms with Crippen LogP contribution in [0.3, 0.4) is 0 Å². The summed E-state index contributed by atoms with van der Waals surface area (Å²) in [6, 6.07) is 9.05. The Morgan fingerprint density at radius 2 is 1.94 bits per heavy atom. The average molecular weight is 245 g/mol. The highest BCUT2D eigenvalue weighted by atomic mass is 16.4. The molecular weight excluding hydrogens is 234 g/mol. The Kier molecular flexibility index (Phi) is 3.09. The lowest BCUT2D eigenvalue weighted by atomic mass is 10.3. The first-order valence-corrected chi connectivity index (χ1v) is 5.24. The fourth-order valence-corrected chi connectivity index (χ4v) is 1.53. The topological polar surface area (TPSA) is 84.2 Å². The van der Waals surface area contributed by atoms with E-state index >= 15 is 0 Å². The lowest BCUT2D eigenvalue weighted by molar-refractivity contribution is -0.114. The number of carbonyl (C=O) groups is 2. The van der Waals surface area contributed by atoms with Crippen molar-refractivity contribution in [3.05, 3.63) is 42.2 Å². The Labute approximate surface area is 103 Å². The first kappa shape index (κ1) is 11.8. The summed E-state index contributed by atoms with van der Waals surface area (Å²) in [6.45, 7) is 1.31. The minimum Gasteiger partial charge on any atom is -0.476 e. The number of nitrogens with zero attached hydrogens (tertiary/aromatic N) is 2. The molecule has 0 spiro atoms. The second-order valence-electron chi connectivity index (χ2n) is 3.66. The van der Waals surface area contributed by atoms with E-state index in [0.29, 0.717) is 0 Å². The summed E-state index contributed by atoms with van der Waals surface area (Å²) in [5.74, 6) is -1.53. The zero-order valence-corrected chi connectivity index (χ0v) is 9.62. The van der Waals surface area contributed by atoms with Crippen molar-refractivity contribution in [2.45, 2.75) is 6.92 Å². The number of aromatic nitrogens is 2. The van der Waals surface area contributed by atoms with Crippen LogP contribution in [0.2, 0.25) is 0 Å². The number of nitrogens with one attached hydrogen (secondary N) is 1. The van der Waals surface area contributed by atoms with E-state index in [9.17, 15) is 9.59 Å². The number of carbonyl (C=O) groups excluding carboxylic acids is 1. The molecule has 6 nitrogen and oxygen atoms in total. The van der Waals surface area contributed by atoms with Crippen LogP contribution in [0, 0.1) is 0 Å². The van der Waals surface area contributed by atoms with Crippen LogP contribution >= 0.6 is 0 Å². The highest BCUT2D eigenvalue weighted by molar-refractivity contribution is 5.98. The van der Waals surface area contributed by atoms with Gasteiger partial charge in [-0.05, 0) is 12.1 Å². The number of benzene rings is 1. The van der Waals surface area contributed by atoms with Crippen molar-refractivity contribution in [3.8, 4) is 5.69 Å². The van der Waals surface area contributed by atoms with Crippen molar-refractivity contribution < 1.29 is 14.7 Å². The average Bonchev–Trinajstić information content (AvgIpc) is 2.73. The van der Waals surface area contributed by atoms with E-state index in [0.717, 1.165) is 5.69 Å². The standard InChI is InChI=1S/C12H11N3O3/c1-8(16)13-10-7-15(14-11(10)12(17)18)9-5-3-2-4-6-9/h2-7H,1H3,(H,13,16)(H,17,18). The van der Waals surface area contributed by atoms with Gasteiger partial charge in [0.15, 0.2) is 5.69 Å². The first-order valence-electron chi connectivity index (χ1n) is 5.24. The van der Waals surface area contributed by atoms with Crippen LogP contribution in [-0.2, 0) is 4.79 Å². The second kappa shape index (κ2) is 4.70. The lowest BCUT2D eigenvalue weighted by Crippen LogP contribution is -2.09. The van der Waals surface area contributed by atoms with Crippen LogP contribution in [0.25, 0.3) is 5.69 Å². The van der Waals surface area contributed by atoms with Crippen LogP contribution in [0.1, 0.15) is 17.4 Å². The highest BCUT2D eigenvalue weighted by Crippen LogP contribution is 2.17. The molecule has 0 saturated carbocycles. The van der Waals surface area contributed by atoms with Gasteiger partial charge in [0.2, 0.25) is 5.91 Å². The summed E-state index contributed by atoms with van der Waals surface area (Å²) in [5, 5.41) is 15.4. The second-order valence-corrected chi connectivity index (χ2v) is 3.66. The molecule has 0 fully saturated rings. The van der Waals surface area contributed by atoms with E-state index in [-0.39, 0.29) is 17.3 Å². The van der Waals surface area contributed by atoms with Gasteiger partial charge in [-0.25, -0.2) is 9.48 Å². The van der Waals surface area contributed by atoms with Gasteiger partial charge in [-0.3, -0.25) is 4.79 Å². The van der Waals surface area contributed by atoms with Crippen LogP contribution in [-0.4, -0.2) is 26.8 Å².